The van der Waals surface area contributed by atoms with Crippen molar-refractivity contribution < 1.29 is 0 Å². The number of anilines is 1. The Hall–Kier alpha value is -0.950. The summed E-state index contributed by atoms with van der Waals surface area (Å²) in [7, 11) is 0. The SMILES string of the molecule is C=CCCNc1cccc(Cl)c1. The molecule has 0 spiro atoms. The van der Waals surface area contributed by atoms with E-state index >= 15 is 0 Å². The van der Waals surface area contributed by atoms with Gasteiger partial charge in [-0.1, -0.05) is 23.7 Å². The summed E-state index contributed by atoms with van der Waals surface area (Å²) < 4.78 is 0. The van der Waals surface area contributed by atoms with Crippen molar-refractivity contribution in [1.29, 1.82) is 0 Å². The summed E-state index contributed by atoms with van der Waals surface area (Å²) >= 11 is 5.80. The van der Waals surface area contributed by atoms with Gasteiger partial charge in [-0.15, -0.1) is 6.58 Å². The van der Waals surface area contributed by atoms with E-state index in [1.165, 1.54) is 0 Å². The lowest BCUT2D eigenvalue weighted by Gasteiger charge is -2.03. The zero-order chi connectivity index (χ0) is 8.81. The van der Waals surface area contributed by atoms with Crippen molar-refractivity contribution >= 4 is 17.3 Å². The number of nitrogens with one attached hydrogen (secondary N) is 1. The van der Waals surface area contributed by atoms with Gasteiger partial charge >= 0.3 is 0 Å². The van der Waals surface area contributed by atoms with Crippen LogP contribution in [-0.4, -0.2) is 6.54 Å². The lowest BCUT2D eigenvalue weighted by molar-refractivity contribution is 1.07. The fourth-order valence-electron chi connectivity index (χ4n) is 0.917. The summed E-state index contributed by atoms with van der Waals surface area (Å²) in [5, 5.41) is 3.99. The third-order valence-electron chi connectivity index (χ3n) is 1.50. The average molecular weight is 182 g/mol. The predicted molar refractivity (Wildman–Crippen MR) is 54.8 cm³/mol. The van der Waals surface area contributed by atoms with Gasteiger partial charge in [0.2, 0.25) is 0 Å². The molecule has 0 aromatic heterocycles. The monoisotopic (exact) mass is 181 g/mol. The first kappa shape index (κ1) is 9.14. The van der Waals surface area contributed by atoms with Gasteiger partial charge in [-0.05, 0) is 24.6 Å². The molecule has 0 amide bonds. The van der Waals surface area contributed by atoms with E-state index in [2.05, 4.69) is 11.9 Å². The van der Waals surface area contributed by atoms with Crippen molar-refractivity contribution in [2.75, 3.05) is 11.9 Å². The van der Waals surface area contributed by atoms with Gasteiger partial charge in [0.05, 0.1) is 0 Å². The Labute approximate surface area is 78.1 Å². The summed E-state index contributed by atoms with van der Waals surface area (Å²) in [4.78, 5) is 0. The Morgan fingerprint density at radius 1 is 1.50 bits per heavy atom. The van der Waals surface area contributed by atoms with Gasteiger partial charge in [-0.25, -0.2) is 0 Å². The van der Waals surface area contributed by atoms with Crippen LogP contribution in [0.5, 0.6) is 0 Å². The average Bonchev–Trinajstić information content (AvgIpc) is 2.05. The quantitative estimate of drug-likeness (QED) is 0.555. The van der Waals surface area contributed by atoms with E-state index in [4.69, 9.17) is 11.6 Å². The number of benzene rings is 1. The van der Waals surface area contributed by atoms with Gasteiger partial charge in [0.15, 0.2) is 0 Å². The van der Waals surface area contributed by atoms with E-state index in [1.807, 2.05) is 30.3 Å². The molecule has 0 unspecified atom stereocenters. The van der Waals surface area contributed by atoms with Gasteiger partial charge in [-0.2, -0.15) is 0 Å². The summed E-state index contributed by atoms with van der Waals surface area (Å²) in [5.41, 5.74) is 1.06. The molecule has 0 bridgehead atoms. The van der Waals surface area contributed by atoms with Crippen molar-refractivity contribution in [3.63, 3.8) is 0 Å². The second-order valence-electron chi connectivity index (χ2n) is 2.51. The molecule has 0 aliphatic heterocycles. The highest BCUT2D eigenvalue weighted by atomic mass is 35.5. The molecule has 0 aliphatic carbocycles. The van der Waals surface area contributed by atoms with Crippen LogP contribution in [0, 0.1) is 0 Å². The van der Waals surface area contributed by atoms with Gasteiger partial charge in [0, 0.05) is 17.3 Å². The van der Waals surface area contributed by atoms with E-state index in [0.717, 1.165) is 23.7 Å². The van der Waals surface area contributed by atoms with Crippen molar-refractivity contribution in [3.05, 3.63) is 41.9 Å². The summed E-state index contributed by atoms with van der Waals surface area (Å²) in [6.07, 6.45) is 2.85. The first-order chi connectivity index (χ1) is 5.83. The molecule has 1 aromatic rings. The molecular weight excluding hydrogens is 170 g/mol. The molecular formula is C10H12ClN. The largest absolute Gasteiger partial charge is 0.385 e. The molecule has 0 aliphatic rings. The zero-order valence-electron chi connectivity index (χ0n) is 6.89. The van der Waals surface area contributed by atoms with Crippen molar-refractivity contribution in [2.45, 2.75) is 6.42 Å². The van der Waals surface area contributed by atoms with Crippen LogP contribution < -0.4 is 5.32 Å². The lowest BCUT2D eigenvalue weighted by Crippen LogP contribution is -1.99. The van der Waals surface area contributed by atoms with Gasteiger partial charge in [0.1, 0.15) is 0 Å². The van der Waals surface area contributed by atoms with Crippen LogP contribution in [0.3, 0.4) is 0 Å². The standard InChI is InChI=1S/C10H12ClN/c1-2-3-7-12-10-6-4-5-9(11)8-10/h2,4-6,8,12H,1,3,7H2. The first-order valence-electron chi connectivity index (χ1n) is 3.93. The second-order valence-corrected chi connectivity index (χ2v) is 2.95. The van der Waals surface area contributed by atoms with Crippen molar-refractivity contribution in [1.82, 2.24) is 0 Å². The number of hydrogen-bond donors (Lipinski definition) is 1. The highest BCUT2D eigenvalue weighted by Gasteiger charge is 1.90. The minimum Gasteiger partial charge on any atom is -0.385 e. The lowest BCUT2D eigenvalue weighted by atomic mass is 10.3. The minimum atomic E-state index is 0.763. The highest BCUT2D eigenvalue weighted by Crippen LogP contribution is 2.14. The van der Waals surface area contributed by atoms with Gasteiger partial charge in [0.25, 0.3) is 0 Å². The van der Waals surface area contributed by atoms with E-state index in [9.17, 15) is 0 Å². The topological polar surface area (TPSA) is 12.0 Å². The number of hydrogen-bond acceptors (Lipinski definition) is 1. The second kappa shape index (κ2) is 4.83. The van der Waals surface area contributed by atoms with Crippen molar-refractivity contribution in [2.24, 2.45) is 0 Å². The molecule has 1 nitrogen and oxygen atoms in total. The fraction of sp³-hybridized carbons (Fsp3) is 0.200. The summed E-state index contributed by atoms with van der Waals surface area (Å²) in [6.45, 7) is 4.55. The Bertz CT molecular complexity index is 258. The Balaban J connectivity index is 2.46. The maximum atomic E-state index is 5.80. The molecule has 64 valence electrons. The maximum absolute atomic E-state index is 5.80. The molecule has 0 fully saturated rings. The number of rotatable bonds is 4. The smallest absolute Gasteiger partial charge is 0.0426 e. The van der Waals surface area contributed by atoms with E-state index in [-0.39, 0.29) is 0 Å². The molecule has 1 N–H and O–H groups in total. The third kappa shape index (κ3) is 2.97. The summed E-state index contributed by atoms with van der Waals surface area (Å²) in [6, 6.07) is 7.69. The minimum absolute atomic E-state index is 0.763. The molecule has 12 heavy (non-hydrogen) atoms. The van der Waals surface area contributed by atoms with Crippen LogP contribution >= 0.6 is 11.6 Å². The predicted octanol–water partition coefficient (Wildman–Crippen LogP) is 3.33. The molecule has 0 heterocycles. The van der Waals surface area contributed by atoms with Crippen LogP contribution in [0.4, 0.5) is 5.69 Å². The summed E-state index contributed by atoms with van der Waals surface area (Å²) in [5.74, 6) is 0. The zero-order valence-corrected chi connectivity index (χ0v) is 7.64. The van der Waals surface area contributed by atoms with Crippen LogP contribution in [0.1, 0.15) is 6.42 Å². The normalized spacial score (nSPS) is 9.42. The Morgan fingerprint density at radius 2 is 2.33 bits per heavy atom. The van der Waals surface area contributed by atoms with Crippen molar-refractivity contribution in [3.8, 4) is 0 Å². The maximum Gasteiger partial charge on any atom is 0.0426 e. The van der Waals surface area contributed by atoms with Crippen LogP contribution in [0.15, 0.2) is 36.9 Å². The highest BCUT2D eigenvalue weighted by molar-refractivity contribution is 6.30. The Kier molecular flexibility index (Phi) is 3.68. The fourth-order valence-corrected chi connectivity index (χ4v) is 1.11. The molecule has 1 aromatic carbocycles. The molecule has 0 atom stereocenters. The van der Waals surface area contributed by atoms with E-state index in [1.54, 1.807) is 0 Å². The van der Waals surface area contributed by atoms with E-state index in [0.29, 0.717) is 0 Å². The molecule has 0 radical (unpaired) electrons. The van der Waals surface area contributed by atoms with Crippen LogP contribution in [0.25, 0.3) is 0 Å². The third-order valence-corrected chi connectivity index (χ3v) is 1.74. The molecule has 1 rings (SSSR count). The first-order valence-corrected chi connectivity index (χ1v) is 4.31. The van der Waals surface area contributed by atoms with Gasteiger partial charge < -0.3 is 5.32 Å². The van der Waals surface area contributed by atoms with E-state index < -0.39 is 0 Å². The molecule has 0 saturated carbocycles. The molecule has 2 heteroatoms. The van der Waals surface area contributed by atoms with Gasteiger partial charge in [-0.3, -0.25) is 0 Å². The molecule has 0 saturated heterocycles. The van der Waals surface area contributed by atoms with Crippen LogP contribution in [0.2, 0.25) is 5.02 Å². The number of halogens is 1. The Morgan fingerprint density at radius 3 is 3.00 bits per heavy atom. The van der Waals surface area contributed by atoms with Crippen LogP contribution in [-0.2, 0) is 0 Å².